The Morgan fingerprint density at radius 2 is 2.27 bits per heavy atom. The molecule has 11 heavy (non-hydrogen) atoms. The third-order valence-electron chi connectivity index (χ3n) is 1.25. The van der Waals surface area contributed by atoms with Crippen molar-refractivity contribution in [1.29, 1.82) is 0 Å². The van der Waals surface area contributed by atoms with Crippen molar-refractivity contribution in [3.05, 3.63) is 23.0 Å². The van der Waals surface area contributed by atoms with E-state index in [1.165, 1.54) is 0 Å². The van der Waals surface area contributed by atoms with Gasteiger partial charge in [0.25, 0.3) is 0 Å². The molecule has 0 bridgehead atoms. The first-order valence-electron chi connectivity index (χ1n) is 3.30. The van der Waals surface area contributed by atoms with E-state index in [1.807, 2.05) is 6.07 Å². The molecule has 0 fully saturated rings. The maximum atomic E-state index is 5.54. The number of aromatic nitrogens is 2. The number of hydrogen-bond acceptors (Lipinski definition) is 3. The van der Waals surface area contributed by atoms with Gasteiger partial charge in [0.15, 0.2) is 5.15 Å². The van der Waals surface area contributed by atoms with E-state index in [1.54, 1.807) is 13.2 Å². The molecule has 0 atom stereocenters. The van der Waals surface area contributed by atoms with Crippen molar-refractivity contribution >= 4 is 11.6 Å². The van der Waals surface area contributed by atoms with Gasteiger partial charge in [0.2, 0.25) is 0 Å². The lowest BCUT2D eigenvalue weighted by molar-refractivity contribution is 0.201. The first-order chi connectivity index (χ1) is 5.33. The Labute approximate surface area is 70.4 Å². The molecule has 0 aromatic carbocycles. The van der Waals surface area contributed by atoms with Gasteiger partial charge < -0.3 is 4.74 Å². The molecule has 0 aliphatic heterocycles. The molecule has 0 aliphatic carbocycles. The Morgan fingerprint density at radius 3 is 2.82 bits per heavy atom. The molecular weight excluding hydrogens is 164 g/mol. The number of ether oxygens (including phenoxy) is 1. The minimum atomic E-state index is 0.422. The summed E-state index contributed by atoms with van der Waals surface area (Å²) in [4.78, 5) is 0. The van der Waals surface area contributed by atoms with E-state index in [0.29, 0.717) is 11.8 Å². The maximum Gasteiger partial charge on any atom is 0.151 e. The zero-order valence-corrected chi connectivity index (χ0v) is 7.01. The fourth-order valence-corrected chi connectivity index (χ4v) is 0.784. The van der Waals surface area contributed by atoms with Gasteiger partial charge in [0.05, 0.1) is 12.3 Å². The zero-order chi connectivity index (χ0) is 8.10. The summed E-state index contributed by atoms with van der Waals surface area (Å²) in [5.41, 5.74) is 0.899. The highest BCUT2D eigenvalue weighted by atomic mass is 35.5. The van der Waals surface area contributed by atoms with Crippen LogP contribution >= 0.6 is 11.6 Å². The lowest BCUT2D eigenvalue weighted by atomic mass is 10.3. The van der Waals surface area contributed by atoms with Crippen molar-refractivity contribution < 1.29 is 4.74 Å². The smallest absolute Gasteiger partial charge is 0.151 e. The predicted molar refractivity (Wildman–Crippen MR) is 42.6 cm³/mol. The third kappa shape index (κ3) is 2.82. The fourth-order valence-electron chi connectivity index (χ4n) is 0.684. The standard InChI is InChI=1S/C7H9ClN2O/c1-11-5-4-6-2-3-7(8)10-9-6/h2-3H,4-5H2,1H3. The molecule has 0 aliphatic rings. The number of halogens is 1. The third-order valence-corrected chi connectivity index (χ3v) is 1.45. The van der Waals surface area contributed by atoms with Crippen LogP contribution in [0, 0.1) is 0 Å². The van der Waals surface area contributed by atoms with Gasteiger partial charge in [-0.25, -0.2) is 0 Å². The zero-order valence-electron chi connectivity index (χ0n) is 6.25. The highest BCUT2D eigenvalue weighted by Crippen LogP contribution is 2.02. The van der Waals surface area contributed by atoms with Gasteiger partial charge in [-0.15, -0.1) is 5.10 Å². The second-order valence-electron chi connectivity index (χ2n) is 2.09. The quantitative estimate of drug-likeness (QED) is 0.690. The van der Waals surface area contributed by atoms with E-state index in [0.717, 1.165) is 12.1 Å². The van der Waals surface area contributed by atoms with E-state index in [-0.39, 0.29) is 0 Å². The Bertz CT molecular complexity index is 212. The molecule has 1 rings (SSSR count). The average Bonchev–Trinajstić information content (AvgIpc) is 2.04. The summed E-state index contributed by atoms with van der Waals surface area (Å²) in [5, 5.41) is 7.97. The number of methoxy groups -OCH3 is 1. The number of rotatable bonds is 3. The molecule has 0 radical (unpaired) electrons. The molecule has 0 unspecified atom stereocenters. The molecular formula is C7H9ClN2O. The van der Waals surface area contributed by atoms with Crippen LogP contribution in [0.1, 0.15) is 5.69 Å². The van der Waals surface area contributed by atoms with E-state index in [9.17, 15) is 0 Å². The molecule has 1 aromatic heterocycles. The van der Waals surface area contributed by atoms with Crippen molar-refractivity contribution in [3.8, 4) is 0 Å². The lowest BCUT2D eigenvalue weighted by Crippen LogP contribution is -1.98. The molecule has 1 aromatic rings. The summed E-state index contributed by atoms with van der Waals surface area (Å²) in [5.74, 6) is 0. The number of hydrogen-bond donors (Lipinski definition) is 0. The summed E-state index contributed by atoms with van der Waals surface area (Å²) < 4.78 is 4.88. The Kier molecular flexibility index (Phi) is 3.26. The Hall–Kier alpha value is -0.670. The normalized spacial score (nSPS) is 10.0. The van der Waals surface area contributed by atoms with E-state index < -0.39 is 0 Å². The first-order valence-corrected chi connectivity index (χ1v) is 3.68. The molecule has 0 amide bonds. The second-order valence-corrected chi connectivity index (χ2v) is 2.48. The van der Waals surface area contributed by atoms with Gasteiger partial charge in [-0.2, -0.15) is 5.10 Å². The SMILES string of the molecule is COCCc1ccc(Cl)nn1. The summed E-state index contributed by atoms with van der Waals surface area (Å²) >= 11 is 5.54. The highest BCUT2D eigenvalue weighted by Gasteiger charge is 1.94. The van der Waals surface area contributed by atoms with Crippen LogP contribution in [0.4, 0.5) is 0 Å². The van der Waals surface area contributed by atoms with Crippen LogP contribution in [0.2, 0.25) is 5.15 Å². The van der Waals surface area contributed by atoms with Crippen molar-refractivity contribution in [2.24, 2.45) is 0 Å². The van der Waals surface area contributed by atoms with Gasteiger partial charge in [0, 0.05) is 13.5 Å². The number of nitrogens with zero attached hydrogens (tertiary/aromatic N) is 2. The fraction of sp³-hybridized carbons (Fsp3) is 0.429. The Balaban J connectivity index is 2.52. The van der Waals surface area contributed by atoms with Crippen molar-refractivity contribution in [2.45, 2.75) is 6.42 Å². The lowest BCUT2D eigenvalue weighted by Gasteiger charge is -1.96. The van der Waals surface area contributed by atoms with E-state index in [4.69, 9.17) is 16.3 Å². The summed E-state index contributed by atoms with van der Waals surface area (Å²) in [6.07, 6.45) is 0.778. The minimum absolute atomic E-state index is 0.422. The largest absolute Gasteiger partial charge is 0.384 e. The van der Waals surface area contributed by atoms with Crippen LogP contribution in [0.3, 0.4) is 0 Å². The minimum Gasteiger partial charge on any atom is -0.384 e. The molecule has 3 nitrogen and oxygen atoms in total. The predicted octanol–water partition coefficient (Wildman–Crippen LogP) is 1.32. The second kappa shape index (κ2) is 4.26. The van der Waals surface area contributed by atoms with Gasteiger partial charge in [-0.1, -0.05) is 11.6 Å². The van der Waals surface area contributed by atoms with Crippen molar-refractivity contribution in [2.75, 3.05) is 13.7 Å². The van der Waals surface area contributed by atoms with Crippen LogP contribution in [0.5, 0.6) is 0 Å². The van der Waals surface area contributed by atoms with E-state index in [2.05, 4.69) is 10.2 Å². The molecule has 4 heteroatoms. The summed E-state index contributed by atoms with van der Waals surface area (Å²) in [7, 11) is 1.66. The summed E-state index contributed by atoms with van der Waals surface area (Å²) in [6, 6.07) is 3.56. The van der Waals surface area contributed by atoms with Gasteiger partial charge in [0.1, 0.15) is 0 Å². The molecule has 60 valence electrons. The van der Waals surface area contributed by atoms with Crippen LogP contribution in [-0.2, 0) is 11.2 Å². The van der Waals surface area contributed by atoms with Crippen LogP contribution in [-0.4, -0.2) is 23.9 Å². The molecule has 1 heterocycles. The topological polar surface area (TPSA) is 35.0 Å². The van der Waals surface area contributed by atoms with Gasteiger partial charge in [-0.05, 0) is 12.1 Å². The molecule has 0 saturated carbocycles. The molecule has 0 N–H and O–H groups in total. The van der Waals surface area contributed by atoms with Crippen LogP contribution < -0.4 is 0 Å². The highest BCUT2D eigenvalue weighted by molar-refractivity contribution is 6.29. The van der Waals surface area contributed by atoms with E-state index >= 15 is 0 Å². The van der Waals surface area contributed by atoms with Crippen molar-refractivity contribution in [1.82, 2.24) is 10.2 Å². The molecule has 0 spiro atoms. The van der Waals surface area contributed by atoms with Crippen LogP contribution in [0.15, 0.2) is 12.1 Å². The monoisotopic (exact) mass is 172 g/mol. The van der Waals surface area contributed by atoms with Crippen molar-refractivity contribution in [3.63, 3.8) is 0 Å². The van der Waals surface area contributed by atoms with Gasteiger partial charge in [-0.3, -0.25) is 0 Å². The molecule has 0 saturated heterocycles. The van der Waals surface area contributed by atoms with Gasteiger partial charge >= 0.3 is 0 Å². The first kappa shape index (κ1) is 8.43. The maximum absolute atomic E-state index is 5.54. The summed E-state index contributed by atoms with van der Waals surface area (Å²) in [6.45, 7) is 0.663. The van der Waals surface area contributed by atoms with Crippen LogP contribution in [0.25, 0.3) is 0 Å². The average molecular weight is 173 g/mol. The Morgan fingerprint density at radius 1 is 1.45 bits per heavy atom.